The Morgan fingerprint density at radius 1 is 1.33 bits per heavy atom. The molecular formula is C11H19NO5S. The van der Waals surface area contributed by atoms with Gasteiger partial charge in [0.1, 0.15) is 0 Å². The molecule has 104 valence electrons. The molecule has 0 aromatic heterocycles. The molecule has 0 spiro atoms. The number of carboxylic acids is 1. The molecule has 0 bridgehead atoms. The van der Waals surface area contributed by atoms with Crippen LogP contribution in [0.1, 0.15) is 25.7 Å². The number of carboxylic acid groups (broad SMARTS) is 1. The van der Waals surface area contributed by atoms with Crippen molar-refractivity contribution in [3.05, 3.63) is 0 Å². The molecule has 0 radical (unpaired) electrons. The number of sulfonamides is 1. The molecule has 1 N–H and O–H groups in total. The van der Waals surface area contributed by atoms with Crippen molar-refractivity contribution >= 4 is 16.0 Å². The lowest BCUT2D eigenvalue weighted by atomic mass is 10.1. The predicted molar refractivity (Wildman–Crippen MR) is 64.7 cm³/mol. The van der Waals surface area contributed by atoms with E-state index in [1.807, 2.05) is 0 Å². The van der Waals surface area contributed by atoms with Gasteiger partial charge in [-0.3, -0.25) is 4.79 Å². The van der Waals surface area contributed by atoms with Gasteiger partial charge < -0.3 is 9.84 Å². The maximum Gasteiger partial charge on any atom is 0.307 e. The number of methoxy groups -OCH3 is 1. The molecule has 1 heterocycles. The standard InChI is InChI=1S/C11H19NO5S/c1-17-8-5-6-12(7-8)18(15,16)10-4-2-3-9(10)11(13)14/h8-10H,2-7H2,1H3,(H,13,14). The summed E-state index contributed by atoms with van der Waals surface area (Å²) in [4.78, 5) is 11.1. The molecule has 1 saturated heterocycles. The van der Waals surface area contributed by atoms with Crippen LogP contribution in [0.4, 0.5) is 0 Å². The maximum atomic E-state index is 12.4. The van der Waals surface area contributed by atoms with Gasteiger partial charge in [0.15, 0.2) is 0 Å². The Balaban J connectivity index is 2.14. The zero-order valence-electron chi connectivity index (χ0n) is 10.4. The lowest BCUT2D eigenvalue weighted by Crippen LogP contribution is -2.41. The smallest absolute Gasteiger partial charge is 0.307 e. The van der Waals surface area contributed by atoms with Crippen molar-refractivity contribution in [1.82, 2.24) is 4.31 Å². The van der Waals surface area contributed by atoms with E-state index in [0.717, 1.165) is 0 Å². The van der Waals surface area contributed by atoms with E-state index in [1.54, 1.807) is 7.11 Å². The van der Waals surface area contributed by atoms with E-state index >= 15 is 0 Å². The number of carbonyl (C=O) groups is 1. The van der Waals surface area contributed by atoms with Crippen LogP contribution in [-0.2, 0) is 19.6 Å². The van der Waals surface area contributed by atoms with E-state index in [4.69, 9.17) is 9.84 Å². The van der Waals surface area contributed by atoms with E-state index in [0.29, 0.717) is 38.8 Å². The summed E-state index contributed by atoms with van der Waals surface area (Å²) in [6.07, 6.45) is 2.20. The molecule has 3 atom stereocenters. The monoisotopic (exact) mass is 277 g/mol. The van der Waals surface area contributed by atoms with Gasteiger partial charge in [-0.15, -0.1) is 0 Å². The molecule has 3 unspecified atom stereocenters. The molecule has 1 saturated carbocycles. The van der Waals surface area contributed by atoms with Crippen molar-refractivity contribution in [1.29, 1.82) is 0 Å². The lowest BCUT2D eigenvalue weighted by molar-refractivity contribution is -0.141. The van der Waals surface area contributed by atoms with Crippen molar-refractivity contribution < 1.29 is 23.1 Å². The molecule has 2 fully saturated rings. The van der Waals surface area contributed by atoms with Gasteiger partial charge in [-0.05, 0) is 19.3 Å². The van der Waals surface area contributed by atoms with Crippen LogP contribution < -0.4 is 0 Å². The van der Waals surface area contributed by atoms with Crippen LogP contribution in [0.2, 0.25) is 0 Å². The third-order valence-corrected chi connectivity index (χ3v) is 6.33. The molecule has 18 heavy (non-hydrogen) atoms. The van der Waals surface area contributed by atoms with Crippen molar-refractivity contribution in [3.63, 3.8) is 0 Å². The summed E-state index contributed by atoms with van der Waals surface area (Å²) in [5.41, 5.74) is 0. The van der Waals surface area contributed by atoms with E-state index < -0.39 is 27.2 Å². The Bertz CT molecular complexity index is 421. The van der Waals surface area contributed by atoms with Crippen molar-refractivity contribution in [2.45, 2.75) is 37.0 Å². The quantitative estimate of drug-likeness (QED) is 0.798. The number of ether oxygens (including phenoxy) is 1. The Morgan fingerprint density at radius 3 is 2.61 bits per heavy atom. The summed E-state index contributed by atoms with van der Waals surface area (Å²) in [7, 11) is -1.94. The highest BCUT2D eigenvalue weighted by molar-refractivity contribution is 7.89. The minimum Gasteiger partial charge on any atom is -0.481 e. The third-order valence-electron chi connectivity index (χ3n) is 3.95. The van der Waals surface area contributed by atoms with E-state index in [2.05, 4.69) is 0 Å². The SMILES string of the molecule is COC1CCN(S(=O)(=O)C2CCCC2C(=O)O)C1. The zero-order chi connectivity index (χ0) is 13.3. The first kappa shape index (κ1) is 13.8. The van der Waals surface area contributed by atoms with Crippen LogP contribution in [0.25, 0.3) is 0 Å². The number of rotatable bonds is 4. The van der Waals surface area contributed by atoms with Gasteiger partial charge in [-0.25, -0.2) is 8.42 Å². The van der Waals surface area contributed by atoms with Crippen LogP contribution in [-0.4, -0.2) is 55.4 Å². The summed E-state index contributed by atoms with van der Waals surface area (Å²) in [6, 6.07) is 0. The van der Waals surface area contributed by atoms with Crippen LogP contribution in [0, 0.1) is 5.92 Å². The molecule has 7 heteroatoms. The summed E-state index contributed by atoms with van der Waals surface area (Å²) < 4.78 is 31.4. The van der Waals surface area contributed by atoms with E-state index in [9.17, 15) is 13.2 Å². The van der Waals surface area contributed by atoms with Gasteiger partial charge in [0.2, 0.25) is 10.0 Å². The normalized spacial score (nSPS) is 33.9. The van der Waals surface area contributed by atoms with Gasteiger partial charge in [0, 0.05) is 20.2 Å². The molecule has 0 amide bonds. The first-order valence-corrected chi connectivity index (χ1v) is 7.71. The van der Waals surface area contributed by atoms with Gasteiger partial charge in [-0.2, -0.15) is 4.31 Å². The topological polar surface area (TPSA) is 83.9 Å². The Hall–Kier alpha value is -0.660. The highest BCUT2D eigenvalue weighted by Gasteiger charge is 2.45. The first-order valence-electron chi connectivity index (χ1n) is 6.21. The summed E-state index contributed by atoms with van der Waals surface area (Å²) in [5.74, 6) is -1.75. The zero-order valence-corrected chi connectivity index (χ0v) is 11.2. The maximum absolute atomic E-state index is 12.4. The highest BCUT2D eigenvalue weighted by Crippen LogP contribution is 2.34. The minimum absolute atomic E-state index is 0.0653. The van der Waals surface area contributed by atoms with Crippen molar-refractivity contribution in [2.24, 2.45) is 5.92 Å². The molecule has 0 aromatic carbocycles. The fourth-order valence-electron chi connectivity index (χ4n) is 2.88. The number of nitrogens with zero attached hydrogens (tertiary/aromatic N) is 1. The number of aliphatic carboxylic acids is 1. The average molecular weight is 277 g/mol. The molecule has 1 aliphatic heterocycles. The summed E-state index contributed by atoms with van der Waals surface area (Å²) >= 11 is 0. The van der Waals surface area contributed by atoms with E-state index in [-0.39, 0.29) is 6.10 Å². The molecule has 2 rings (SSSR count). The van der Waals surface area contributed by atoms with Gasteiger partial charge in [-0.1, -0.05) is 6.42 Å². The average Bonchev–Trinajstić information content (AvgIpc) is 2.98. The molecular weight excluding hydrogens is 258 g/mol. The molecule has 0 aromatic rings. The van der Waals surface area contributed by atoms with Crippen LogP contribution in [0.5, 0.6) is 0 Å². The van der Waals surface area contributed by atoms with Crippen molar-refractivity contribution in [3.8, 4) is 0 Å². The van der Waals surface area contributed by atoms with Gasteiger partial charge >= 0.3 is 5.97 Å². The van der Waals surface area contributed by atoms with Crippen molar-refractivity contribution in [2.75, 3.05) is 20.2 Å². The molecule has 2 aliphatic rings. The van der Waals surface area contributed by atoms with E-state index in [1.165, 1.54) is 4.31 Å². The van der Waals surface area contributed by atoms with Gasteiger partial charge in [0.05, 0.1) is 17.3 Å². The van der Waals surface area contributed by atoms with Crippen LogP contribution >= 0.6 is 0 Å². The fourth-order valence-corrected chi connectivity index (χ4v) is 5.13. The first-order chi connectivity index (χ1) is 8.46. The number of hydrogen-bond acceptors (Lipinski definition) is 4. The second-order valence-corrected chi connectivity index (χ2v) is 7.12. The minimum atomic E-state index is -3.50. The molecule has 1 aliphatic carbocycles. The highest BCUT2D eigenvalue weighted by atomic mass is 32.2. The number of hydrogen-bond donors (Lipinski definition) is 1. The largest absolute Gasteiger partial charge is 0.481 e. The van der Waals surface area contributed by atoms with Crippen LogP contribution in [0.3, 0.4) is 0 Å². The Kier molecular flexibility index (Phi) is 3.93. The predicted octanol–water partition coefficient (Wildman–Crippen LogP) is 0.290. The summed E-state index contributed by atoms with van der Waals surface area (Å²) in [5, 5.41) is 8.32. The Morgan fingerprint density at radius 2 is 2.06 bits per heavy atom. The Labute approximate surface area is 107 Å². The third kappa shape index (κ3) is 2.39. The summed E-state index contributed by atoms with van der Waals surface area (Å²) in [6.45, 7) is 0.783. The van der Waals surface area contributed by atoms with Gasteiger partial charge in [0.25, 0.3) is 0 Å². The lowest BCUT2D eigenvalue weighted by Gasteiger charge is -2.23. The molecule has 6 nitrogen and oxygen atoms in total. The second kappa shape index (κ2) is 5.14. The fraction of sp³-hybridized carbons (Fsp3) is 0.909. The second-order valence-electron chi connectivity index (χ2n) is 4.96. The van der Waals surface area contributed by atoms with Crippen LogP contribution in [0.15, 0.2) is 0 Å².